The van der Waals surface area contributed by atoms with Gasteiger partial charge in [0, 0.05) is 11.6 Å². The molecular weight excluding hydrogens is 420 g/mol. The first-order valence-corrected chi connectivity index (χ1v) is 12.0. The van der Waals surface area contributed by atoms with E-state index in [4.69, 9.17) is 0 Å². The van der Waals surface area contributed by atoms with Crippen molar-refractivity contribution in [3.8, 4) is 0 Å². The number of hydrogen-bond donors (Lipinski definition) is 1. The highest BCUT2D eigenvalue weighted by atomic mass is 32.2. The molecule has 0 aromatic heterocycles. The van der Waals surface area contributed by atoms with Crippen molar-refractivity contribution in [3.05, 3.63) is 95.6 Å². The van der Waals surface area contributed by atoms with E-state index in [1.54, 1.807) is 23.1 Å². The Balaban J connectivity index is 1.50. The topological polar surface area (TPSA) is 66.5 Å². The third-order valence-electron chi connectivity index (χ3n) is 5.58. The Hall–Kier alpha value is -3.25. The summed E-state index contributed by atoms with van der Waals surface area (Å²) in [6.07, 6.45) is 1.70. The number of amides is 2. The molecule has 0 spiro atoms. The molecule has 32 heavy (non-hydrogen) atoms. The zero-order valence-electron chi connectivity index (χ0n) is 18.0. The molecule has 3 aromatic carbocycles. The largest absolute Gasteiger partial charge is 0.350 e. The molecule has 2 atom stereocenters. The summed E-state index contributed by atoms with van der Waals surface area (Å²) in [6, 6.07) is 24.9. The molecule has 0 radical (unpaired) electrons. The second-order valence-electron chi connectivity index (χ2n) is 8.04. The van der Waals surface area contributed by atoms with E-state index < -0.39 is 10.8 Å². The molecule has 6 heteroatoms. The lowest BCUT2D eigenvalue weighted by Crippen LogP contribution is -2.39. The third kappa shape index (κ3) is 5.14. The number of aryl methyl sites for hydroxylation is 1. The second kappa shape index (κ2) is 9.92. The number of hydrogen-bond acceptors (Lipinski definition) is 3. The zero-order valence-corrected chi connectivity index (χ0v) is 18.8. The molecule has 0 saturated carbocycles. The van der Waals surface area contributed by atoms with Gasteiger partial charge in [-0.05, 0) is 49.1 Å². The van der Waals surface area contributed by atoms with Gasteiger partial charge in [-0.2, -0.15) is 0 Å². The van der Waals surface area contributed by atoms with E-state index in [0.29, 0.717) is 22.7 Å². The molecule has 0 bridgehead atoms. The Kier molecular flexibility index (Phi) is 6.81. The monoisotopic (exact) mass is 446 g/mol. The van der Waals surface area contributed by atoms with Crippen LogP contribution in [0.5, 0.6) is 0 Å². The predicted molar refractivity (Wildman–Crippen MR) is 127 cm³/mol. The normalized spacial score (nSPS) is 16.3. The Morgan fingerprint density at radius 3 is 2.34 bits per heavy atom. The minimum atomic E-state index is -1.40. The molecule has 164 valence electrons. The van der Waals surface area contributed by atoms with Gasteiger partial charge in [0.1, 0.15) is 5.75 Å². The molecule has 0 fully saturated rings. The molecule has 4 rings (SSSR count). The van der Waals surface area contributed by atoms with Gasteiger partial charge in [0.05, 0.1) is 27.9 Å². The average Bonchev–Trinajstić information content (AvgIpc) is 2.81. The summed E-state index contributed by atoms with van der Waals surface area (Å²) in [4.78, 5) is 27.8. The van der Waals surface area contributed by atoms with Gasteiger partial charge in [-0.15, -0.1) is 0 Å². The Bertz CT molecular complexity index is 1130. The SMILES string of the molecule is C[C@@H](CCc1ccccc1)NC(=O)c1ccc2c(c1)N(Cc1ccccc1)C(=O)C[S@@]2=O. The molecule has 1 heterocycles. The third-order valence-corrected chi connectivity index (χ3v) is 6.93. The maximum Gasteiger partial charge on any atom is 0.251 e. The first-order chi connectivity index (χ1) is 15.5. The highest BCUT2D eigenvalue weighted by Crippen LogP contribution is 2.31. The van der Waals surface area contributed by atoms with Gasteiger partial charge in [0.25, 0.3) is 5.91 Å². The van der Waals surface area contributed by atoms with Crippen LogP contribution in [-0.4, -0.2) is 27.8 Å². The molecule has 2 amide bonds. The number of nitrogens with zero attached hydrogens (tertiary/aromatic N) is 1. The molecule has 1 aliphatic heterocycles. The molecule has 3 aromatic rings. The fraction of sp³-hybridized carbons (Fsp3) is 0.231. The quantitative estimate of drug-likeness (QED) is 0.594. The number of anilines is 1. The van der Waals surface area contributed by atoms with E-state index in [9.17, 15) is 13.8 Å². The summed E-state index contributed by atoms with van der Waals surface area (Å²) >= 11 is 0. The van der Waals surface area contributed by atoms with E-state index >= 15 is 0 Å². The van der Waals surface area contributed by atoms with E-state index in [-0.39, 0.29) is 23.6 Å². The Morgan fingerprint density at radius 2 is 1.66 bits per heavy atom. The van der Waals surface area contributed by atoms with Crippen LogP contribution in [-0.2, 0) is 28.6 Å². The fourth-order valence-corrected chi connectivity index (χ4v) is 4.97. The number of benzene rings is 3. The molecular formula is C26H26N2O3S. The number of nitrogens with one attached hydrogen (secondary N) is 1. The summed E-state index contributed by atoms with van der Waals surface area (Å²) in [5.74, 6) is -0.438. The fourth-order valence-electron chi connectivity index (χ4n) is 3.81. The molecule has 0 saturated heterocycles. The summed E-state index contributed by atoms with van der Waals surface area (Å²) in [7, 11) is -1.40. The zero-order chi connectivity index (χ0) is 22.5. The molecule has 1 N–H and O–H groups in total. The minimum Gasteiger partial charge on any atom is -0.350 e. The van der Waals surface area contributed by atoms with Crippen LogP contribution in [0.1, 0.15) is 34.8 Å². The van der Waals surface area contributed by atoms with Crippen LogP contribution in [0.2, 0.25) is 0 Å². The lowest BCUT2D eigenvalue weighted by atomic mass is 10.1. The average molecular weight is 447 g/mol. The smallest absolute Gasteiger partial charge is 0.251 e. The van der Waals surface area contributed by atoms with Gasteiger partial charge in [-0.1, -0.05) is 60.7 Å². The van der Waals surface area contributed by atoms with Gasteiger partial charge in [0.15, 0.2) is 0 Å². The number of rotatable bonds is 7. The first kappa shape index (κ1) is 22.0. The second-order valence-corrected chi connectivity index (χ2v) is 9.46. The molecule has 0 aliphatic carbocycles. The first-order valence-electron chi connectivity index (χ1n) is 10.7. The Labute approximate surface area is 190 Å². The van der Waals surface area contributed by atoms with Crippen molar-refractivity contribution in [1.82, 2.24) is 5.32 Å². The Morgan fingerprint density at radius 1 is 1.00 bits per heavy atom. The lowest BCUT2D eigenvalue weighted by molar-refractivity contribution is -0.116. The number of fused-ring (bicyclic) bond motifs is 1. The van der Waals surface area contributed by atoms with Crippen LogP contribution >= 0.6 is 0 Å². The van der Waals surface area contributed by atoms with Crippen LogP contribution in [0.15, 0.2) is 83.8 Å². The van der Waals surface area contributed by atoms with Crippen LogP contribution in [0.3, 0.4) is 0 Å². The van der Waals surface area contributed by atoms with Crippen molar-refractivity contribution in [2.24, 2.45) is 0 Å². The van der Waals surface area contributed by atoms with E-state index in [1.165, 1.54) is 5.56 Å². The van der Waals surface area contributed by atoms with Crippen molar-refractivity contribution >= 4 is 28.3 Å². The standard InChI is InChI=1S/C26H26N2O3S/c1-19(12-13-20-8-4-2-5-9-20)27-26(30)22-14-15-24-23(16-22)28(25(29)18-32(24)31)17-21-10-6-3-7-11-21/h2-11,14-16,19H,12-13,17-18H2,1H3,(H,27,30)/t19-,32-/m0/s1. The highest BCUT2D eigenvalue weighted by Gasteiger charge is 2.30. The summed E-state index contributed by atoms with van der Waals surface area (Å²) < 4.78 is 12.5. The van der Waals surface area contributed by atoms with E-state index in [1.807, 2.05) is 55.5 Å². The molecule has 1 aliphatic rings. The predicted octanol–water partition coefficient (Wildman–Crippen LogP) is 4.09. The molecule has 5 nitrogen and oxygen atoms in total. The number of carbonyl (C=O) groups excluding carboxylic acids is 2. The lowest BCUT2D eigenvalue weighted by Gasteiger charge is -2.29. The van der Waals surface area contributed by atoms with Gasteiger partial charge in [0.2, 0.25) is 5.91 Å². The van der Waals surface area contributed by atoms with Crippen molar-refractivity contribution in [1.29, 1.82) is 0 Å². The van der Waals surface area contributed by atoms with Crippen molar-refractivity contribution in [2.75, 3.05) is 10.7 Å². The summed E-state index contributed by atoms with van der Waals surface area (Å²) in [6.45, 7) is 2.36. The molecule has 0 unspecified atom stereocenters. The maximum atomic E-state index is 12.9. The van der Waals surface area contributed by atoms with E-state index in [0.717, 1.165) is 18.4 Å². The summed E-state index contributed by atoms with van der Waals surface area (Å²) in [5.41, 5.74) is 3.22. The van der Waals surface area contributed by atoms with Gasteiger partial charge < -0.3 is 10.2 Å². The van der Waals surface area contributed by atoms with Crippen LogP contribution < -0.4 is 10.2 Å². The van der Waals surface area contributed by atoms with Crippen LogP contribution in [0, 0.1) is 0 Å². The highest BCUT2D eigenvalue weighted by molar-refractivity contribution is 7.86. The van der Waals surface area contributed by atoms with Gasteiger partial charge in [-0.3, -0.25) is 13.8 Å². The summed E-state index contributed by atoms with van der Waals surface area (Å²) in [5, 5.41) is 3.04. The van der Waals surface area contributed by atoms with Crippen molar-refractivity contribution in [2.45, 2.75) is 37.2 Å². The number of carbonyl (C=O) groups is 2. The van der Waals surface area contributed by atoms with E-state index in [2.05, 4.69) is 17.4 Å². The van der Waals surface area contributed by atoms with Crippen molar-refractivity contribution < 1.29 is 13.8 Å². The maximum absolute atomic E-state index is 12.9. The van der Waals surface area contributed by atoms with Gasteiger partial charge in [-0.25, -0.2) is 0 Å². The van der Waals surface area contributed by atoms with Crippen LogP contribution in [0.4, 0.5) is 5.69 Å². The van der Waals surface area contributed by atoms with Gasteiger partial charge >= 0.3 is 0 Å². The van der Waals surface area contributed by atoms with Crippen molar-refractivity contribution in [3.63, 3.8) is 0 Å². The minimum absolute atomic E-state index is 0.00470. The van der Waals surface area contributed by atoms with Crippen LogP contribution in [0.25, 0.3) is 0 Å².